The van der Waals surface area contributed by atoms with Crippen molar-refractivity contribution >= 4 is 17.4 Å². The van der Waals surface area contributed by atoms with Gasteiger partial charge in [-0.15, -0.1) is 0 Å². The molecule has 27 heavy (non-hydrogen) atoms. The van der Waals surface area contributed by atoms with Crippen LogP contribution in [-0.4, -0.2) is 48.5 Å². The number of piperazine rings is 1. The number of pyridine rings is 1. The Morgan fingerprint density at radius 1 is 1.19 bits per heavy atom. The van der Waals surface area contributed by atoms with E-state index in [2.05, 4.69) is 46.1 Å². The van der Waals surface area contributed by atoms with Crippen LogP contribution in [0.5, 0.6) is 0 Å². The van der Waals surface area contributed by atoms with Gasteiger partial charge in [-0.1, -0.05) is 32.0 Å². The van der Waals surface area contributed by atoms with E-state index in [1.165, 1.54) is 0 Å². The van der Waals surface area contributed by atoms with Crippen LogP contribution >= 0.6 is 0 Å². The number of nitrogens with zero attached hydrogens (tertiary/aromatic N) is 4. The summed E-state index contributed by atoms with van der Waals surface area (Å²) in [6.45, 7) is 7.65. The molecule has 1 amide bonds. The van der Waals surface area contributed by atoms with Gasteiger partial charge in [0.25, 0.3) is 0 Å². The molecule has 140 valence electrons. The average molecular weight is 363 g/mol. The Bertz CT molecular complexity index is 834. The first-order valence-electron chi connectivity index (χ1n) is 9.29. The van der Waals surface area contributed by atoms with E-state index in [4.69, 9.17) is 0 Å². The Kier molecular flexibility index (Phi) is 6.05. The highest BCUT2D eigenvalue weighted by Gasteiger charge is 2.22. The zero-order chi connectivity index (χ0) is 19.2. The highest BCUT2D eigenvalue weighted by molar-refractivity contribution is 5.93. The second-order valence-corrected chi connectivity index (χ2v) is 7.04. The van der Waals surface area contributed by atoms with Gasteiger partial charge < -0.3 is 10.2 Å². The van der Waals surface area contributed by atoms with Gasteiger partial charge in [0.2, 0.25) is 5.91 Å². The van der Waals surface area contributed by atoms with E-state index < -0.39 is 0 Å². The predicted octanol–water partition coefficient (Wildman–Crippen LogP) is 2.84. The van der Waals surface area contributed by atoms with Crippen LogP contribution in [0, 0.1) is 11.3 Å². The summed E-state index contributed by atoms with van der Waals surface area (Å²) in [6, 6.07) is 13.7. The molecule has 1 aliphatic rings. The number of rotatable bonds is 5. The van der Waals surface area contributed by atoms with Crippen LogP contribution < -0.4 is 10.2 Å². The summed E-state index contributed by atoms with van der Waals surface area (Å²) in [5.41, 5.74) is 2.63. The van der Waals surface area contributed by atoms with E-state index in [0.29, 0.717) is 18.0 Å². The molecule has 6 heteroatoms. The van der Waals surface area contributed by atoms with Gasteiger partial charge in [0, 0.05) is 38.1 Å². The van der Waals surface area contributed by atoms with Crippen LogP contribution in [0.2, 0.25) is 0 Å². The smallest absolute Gasteiger partial charge is 0.238 e. The Balaban J connectivity index is 1.55. The number of amides is 1. The molecule has 1 saturated heterocycles. The van der Waals surface area contributed by atoms with Crippen molar-refractivity contribution in [1.29, 1.82) is 5.26 Å². The molecular formula is C21H25N5O. The average Bonchev–Trinajstić information content (AvgIpc) is 2.68. The van der Waals surface area contributed by atoms with Crippen LogP contribution in [0.15, 0.2) is 42.6 Å². The maximum absolute atomic E-state index is 12.5. The molecule has 6 nitrogen and oxygen atoms in total. The monoisotopic (exact) mass is 363 g/mol. The molecule has 0 saturated carbocycles. The Morgan fingerprint density at radius 2 is 1.93 bits per heavy atom. The summed E-state index contributed by atoms with van der Waals surface area (Å²) in [7, 11) is 0. The van der Waals surface area contributed by atoms with Crippen molar-refractivity contribution in [2.24, 2.45) is 0 Å². The number of aromatic nitrogens is 1. The molecule has 2 aromatic rings. The van der Waals surface area contributed by atoms with Crippen molar-refractivity contribution in [3.8, 4) is 6.07 Å². The van der Waals surface area contributed by atoms with Crippen LogP contribution in [0.4, 0.5) is 11.5 Å². The summed E-state index contributed by atoms with van der Waals surface area (Å²) in [4.78, 5) is 21.1. The van der Waals surface area contributed by atoms with Gasteiger partial charge in [-0.3, -0.25) is 9.69 Å². The third-order valence-electron chi connectivity index (χ3n) is 4.80. The number of nitriles is 1. The molecule has 0 bridgehead atoms. The van der Waals surface area contributed by atoms with E-state index >= 15 is 0 Å². The normalized spacial score (nSPS) is 14.8. The zero-order valence-corrected chi connectivity index (χ0v) is 15.9. The molecule has 0 unspecified atom stereocenters. The molecule has 1 aromatic heterocycles. The number of hydrogen-bond donors (Lipinski definition) is 1. The molecule has 1 fully saturated rings. The van der Waals surface area contributed by atoms with Gasteiger partial charge in [0.15, 0.2) is 0 Å². The lowest BCUT2D eigenvalue weighted by Gasteiger charge is -2.35. The second kappa shape index (κ2) is 8.65. The summed E-state index contributed by atoms with van der Waals surface area (Å²) in [5, 5.41) is 12.3. The topological polar surface area (TPSA) is 72.3 Å². The Labute approximate surface area is 160 Å². The van der Waals surface area contributed by atoms with Crippen molar-refractivity contribution < 1.29 is 4.79 Å². The van der Waals surface area contributed by atoms with Crippen molar-refractivity contribution in [1.82, 2.24) is 9.88 Å². The maximum Gasteiger partial charge on any atom is 0.238 e. The van der Waals surface area contributed by atoms with Crippen molar-refractivity contribution in [2.45, 2.75) is 19.8 Å². The molecule has 0 radical (unpaired) electrons. The predicted molar refractivity (Wildman–Crippen MR) is 107 cm³/mol. The molecule has 1 aliphatic heterocycles. The van der Waals surface area contributed by atoms with Gasteiger partial charge in [-0.05, 0) is 29.7 Å². The lowest BCUT2D eigenvalue weighted by atomic mass is 10.0. The number of carbonyl (C=O) groups excluding carboxylic acids is 1. The van der Waals surface area contributed by atoms with Crippen molar-refractivity contribution in [2.75, 3.05) is 42.9 Å². The van der Waals surface area contributed by atoms with E-state index in [9.17, 15) is 10.1 Å². The highest BCUT2D eigenvalue weighted by atomic mass is 16.2. The van der Waals surface area contributed by atoms with E-state index in [0.717, 1.165) is 43.2 Å². The fraction of sp³-hybridized carbons (Fsp3) is 0.381. The lowest BCUT2D eigenvalue weighted by molar-refractivity contribution is -0.117. The first-order valence-corrected chi connectivity index (χ1v) is 9.29. The van der Waals surface area contributed by atoms with E-state index in [1.54, 1.807) is 18.3 Å². The standard InChI is InChI=1S/C21H25N5O/c1-16(2)18-7-3-4-8-19(18)24-20(27)15-25-10-12-26(13-11-25)21-17(14-22)6-5-9-23-21/h3-9,16H,10-13,15H2,1-2H3,(H,24,27). The molecular weight excluding hydrogens is 338 g/mol. The van der Waals surface area contributed by atoms with Gasteiger partial charge in [0.1, 0.15) is 11.9 Å². The summed E-state index contributed by atoms with van der Waals surface area (Å²) < 4.78 is 0. The van der Waals surface area contributed by atoms with Crippen LogP contribution in [0.1, 0.15) is 30.9 Å². The minimum absolute atomic E-state index is 0.00657. The molecule has 1 aromatic carbocycles. The first-order chi connectivity index (χ1) is 13.1. The van der Waals surface area contributed by atoms with Crippen LogP contribution in [0.25, 0.3) is 0 Å². The molecule has 0 atom stereocenters. The molecule has 0 spiro atoms. The minimum atomic E-state index is 0.00657. The summed E-state index contributed by atoms with van der Waals surface area (Å²) >= 11 is 0. The number of hydrogen-bond acceptors (Lipinski definition) is 5. The molecule has 2 heterocycles. The second-order valence-electron chi connectivity index (χ2n) is 7.04. The number of benzene rings is 1. The molecule has 3 rings (SSSR count). The van der Waals surface area contributed by atoms with Gasteiger partial charge in [-0.2, -0.15) is 5.26 Å². The fourth-order valence-corrected chi connectivity index (χ4v) is 3.36. The third kappa shape index (κ3) is 4.63. The van der Waals surface area contributed by atoms with E-state index in [1.807, 2.05) is 18.2 Å². The largest absolute Gasteiger partial charge is 0.353 e. The van der Waals surface area contributed by atoms with Crippen LogP contribution in [-0.2, 0) is 4.79 Å². The SMILES string of the molecule is CC(C)c1ccccc1NC(=O)CN1CCN(c2ncccc2C#N)CC1. The number of anilines is 2. The molecule has 0 aliphatic carbocycles. The lowest BCUT2D eigenvalue weighted by Crippen LogP contribution is -2.49. The van der Waals surface area contributed by atoms with E-state index in [-0.39, 0.29) is 5.91 Å². The van der Waals surface area contributed by atoms with Crippen molar-refractivity contribution in [3.63, 3.8) is 0 Å². The molecule has 1 N–H and O–H groups in total. The number of para-hydroxylation sites is 1. The number of nitrogens with one attached hydrogen (secondary N) is 1. The summed E-state index contributed by atoms with van der Waals surface area (Å²) in [6.07, 6.45) is 1.71. The minimum Gasteiger partial charge on any atom is -0.353 e. The Morgan fingerprint density at radius 3 is 2.63 bits per heavy atom. The fourth-order valence-electron chi connectivity index (χ4n) is 3.36. The summed E-state index contributed by atoms with van der Waals surface area (Å²) in [5.74, 6) is 1.10. The van der Waals surface area contributed by atoms with Crippen LogP contribution in [0.3, 0.4) is 0 Å². The first kappa shape index (κ1) is 18.9. The Hall–Kier alpha value is -2.91. The van der Waals surface area contributed by atoms with Gasteiger partial charge in [0.05, 0.1) is 12.1 Å². The zero-order valence-electron chi connectivity index (χ0n) is 15.9. The van der Waals surface area contributed by atoms with Crippen molar-refractivity contribution in [3.05, 3.63) is 53.7 Å². The number of carbonyl (C=O) groups is 1. The maximum atomic E-state index is 12.5. The van der Waals surface area contributed by atoms with Gasteiger partial charge >= 0.3 is 0 Å². The van der Waals surface area contributed by atoms with Gasteiger partial charge in [-0.25, -0.2) is 4.98 Å². The highest BCUT2D eigenvalue weighted by Crippen LogP contribution is 2.23. The third-order valence-corrected chi connectivity index (χ3v) is 4.80. The quantitative estimate of drug-likeness (QED) is 0.884.